The first kappa shape index (κ1) is 32.0. The number of aliphatic hydroxyl groups excluding tert-OH is 1. The zero-order valence-electron chi connectivity index (χ0n) is 23.2. The summed E-state index contributed by atoms with van der Waals surface area (Å²) in [6.07, 6.45) is 17.9. The molecule has 1 rings (SSSR count). The molecule has 1 N–H and O–H groups in total. The third-order valence-corrected chi connectivity index (χ3v) is 9.98. The van der Waals surface area contributed by atoms with Crippen molar-refractivity contribution in [3.8, 4) is 0 Å². The fraction of sp³-hybridized carbons (Fsp3) is 1.00. The van der Waals surface area contributed by atoms with Crippen LogP contribution in [0.1, 0.15) is 130 Å². The number of unbranched alkanes of at least 4 members (excludes halogenated alkanes) is 9. The van der Waals surface area contributed by atoms with Crippen LogP contribution in [0.4, 0.5) is 0 Å². The molecule has 0 saturated heterocycles. The Hall–Kier alpha value is 0.0169. The van der Waals surface area contributed by atoms with Crippen molar-refractivity contribution in [2.24, 2.45) is 5.92 Å². The molecule has 1 saturated carbocycles. The predicted octanol–water partition coefficient (Wildman–Crippen LogP) is 7.67. The summed E-state index contributed by atoms with van der Waals surface area (Å²) in [6, 6.07) is 0.881. The molecule has 3 unspecified atom stereocenters. The summed E-state index contributed by atoms with van der Waals surface area (Å²) in [5, 5.41) is 10.5. The van der Waals surface area contributed by atoms with Crippen LogP contribution in [0.2, 0.25) is 6.04 Å². The molecule has 0 aromatic rings. The molecule has 1 fully saturated rings. The van der Waals surface area contributed by atoms with Crippen LogP contribution in [0, 0.1) is 5.92 Å². The first-order chi connectivity index (χ1) is 16.6. The van der Waals surface area contributed by atoms with E-state index in [2.05, 4.69) is 27.7 Å². The van der Waals surface area contributed by atoms with E-state index in [4.69, 9.17) is 18.0 Å². The number of rotatable bonds is 23. The molecule has 0 aromatic carbocycles. The molecule has 0 radical (unpaired) electrons. The normalized spacial score (nSPS) is 21.3. The Kier molecular flexibility index (Phi) is 19.9. The third kappa shape index (κ3) is 14.5. The molecule has 0 bridgehead atoms. The molecule has 0 heterocycles. The Morgan fingerprint density at radius 2 is 1.24 bits per heavy atom. The zero-order chi connectivity index (χ0) is 24.9. The van der Waals surface area contributed by atoms with Crippen LogP contribution in [-0.4, -0.2) is 52.5 Å². The van der Waals surface area contributed by atoms with E-state index in [1.807, 2.05) is 0 Å². The van der Waals surface area contributed by atoms with Crippen molar-refractivity contribution in [1.29, 1.82) is 0 Å². The second-order valence-corrected chi connectivity index (χ2v) is 12.9. The van der Waals surface area contributed by atoms with Crippen LogP contribution >= 0.6 is 0 Å². The van der Waals surface area contributed by atoms with Gasteiger partial charge in [0.05, 0.1) is 12.2 Å². The van der Waals surface area contributed by atoms with Gasteiger partial charge in [0, 0.05) is 32.5 Å². The molecular formula is C28H58O5Si. The standard InChI is InChI=1S/C28H58O5Si/c1-5-9-12-15-21-30-28-25-26(18-19-27(28)29)20-24-34(31-8-4,32-22-16-13-10-6-2)33-23-17-14-11-7-3/h26-29H,5-25H2,1-4H3. The van der Waals surface area contributed by atoms with Crippen molar-refractivity contribution in [1.82, 2.24) is 0 Å². The summed E-state index contributed by atoms with van der Waals surface area (Å²) in [7, 11) is -2.68. The van der Waals surface area contributed by atoms with Gasteiger partial charge in [-0.25, -0.2) is 0 Å². The van der Waals surface area contributed by atoms with Crippen LogP contribution in [0.25, 0.3) is 0 Å². The number of ether oxygens (including phenoxy) is 1. The summed E-state index contributed by atoms with van der Waals surface area (Å²) >= 11 is 0. The van der Waals surface area contributed by atoms with Crippen LogP contribution < -0.4 is 0 Å². The maximum Gasteiger partial charge on any atom is 0.500 e. The molecule has 0 aromatic heterocycles. The molecule has 3 atom stereocenters. The minimum Gasteiger partial charge on any atom is -0.390 e. The van der Waals surface area contributed by atoms with Gasteiger partial charge in [0.1, 0.15) is 0 Å². The van der Waals surface area contributed by atoms with Crippen molar-refractivity contribution >= 4 is 8.80 Å². The molecule has 6 heteroatoms. The van der Waals surface area contributed by atoms with Crippen molar-refractivity contribution in [2.75, 3.05) is 26.4 Å². The lowest BCUT2D eigenvalue weighted by molar-refractivity contribution is -0.0728. The SMILES string of the molecule is CCCCCCOC1CC(CC[Si](OCC)(OCCCCCC)OCCCCCC)CCC1O. The van der Waals surface area contributed by atoms with E-state index in [-0.39, 0.29) is 12.2 Å². The van der Waals surface area contributed by atoms with Gasteiger partial charge < -0.3 is 23.1 Å². The molecule has 34 heavy (non-hydrogen) atoms. The van der Waals surface area contributed by atoms with Crippen molar-refractivity contribution in [3.05, 3.63) is 0 Å². The van der Waals surface area contributed by atoms with Gasteiger partial charge in [0.15, 0.2) is 0 Å². The lowest BCUT2D eigenvalue weighted by atomic mass is 9.84. The quantitative estimate of drug-likeness (QED) is 0.115. The Bertz CT molecular complexity index is 437. The van der Waals surface area contributed by atoms with E-state index >= 15 is 0 Å². The molecule has 0 spiro atoms. The number of aliphatic hydroxyl groups is 1. The molecule has 0 amide bonds. The van der Waals surface area contributed by atoms with Gasteiger partial charge in [-0.1, -0.05) is 78.6 Å². The van der Waals surface area contributed by atoms with Crippen LogP contribution in [-0.2, 0) is 18.0 Å². The van der Waals surface area contributed by atoms with E-state index < -0.39 is 8.80 Å². The van der Waals surface area contributed by atoms with Gasteiger partial charge in [0.25, 0.3) is 0 Å². The minimum absolute atomic E-state index is 0.0199. The third-order valence-electron chi connectivity index (χ3n) is 7.06. The highest BCUT2D eigenvalue weighted by molar-refractivity contribution is 6.60. The van der Waals surface area contributed by atoms with Crippen molar-refractivity contribution in [2.45, 2.75) is 149 Å². The fourth-order valence-corrected chi connectivity index (χ4v) is 7.65. The van der Waals surface area contributed by atoms with Gasteiger partial charge in [0.2, 0.25) is 0 Å². The lowest BCUT2D eigenvalue weighted by Gasteiger charge is -2.35. The summed E-state index contributed by atoms with van der Waals surface area (Å²) in [4.78, 5) is 0. The summed E-state index contributed by atoms with van der Waals surface area (Å²) < 4.78 is 25.4. The maximum absolute atomic E-state index is 10.5. The van der Waals surface area contributed by atoms with E-state index in [1.165, 1.54) is 57.8 Å². The van der Waals surface area contributed by atoms with Crippen LogP contribution in [0.15, 0.2) is 0 Å². The van der Waals surface area contributed by atoms with Crippen molar-refractivity contribution in [3.63, 3.8) is 0 Å². The first-order valence-corrected chi connectivity index (χ1v) is 16.7. The molecule has 5 nitrogen and oxygen atoms in total. The van der Waals surface area contributed by atoms with Crippen LogP contribution in [0.3, 0.4) is 0 Å². The van der Waals surface area contributed by atoms with Gasteiger partial charge in [-0.05, 0) is 57.8 Å². The monoisotopic (exact) mass is 502 g/mol. The second kappa shape index (κ2) is 21.1. The van der Waals surface area contributed by atoms with E-state index in [1.54, 1.807) is 0 Å². The van der Waals surface area contributed by atoms with Gasteiger partial charge in [-0.3, -0.25) is 0 Å². The van der Waals surface area contributed by atoms with Gasteiger partial charge >= 0.3 is 8.80 Å². The Balaban J connectivity index is 2.60. The average Bonchev–Trinajstić information content (AvgIpc) is 2.84. The Labute approximate surface area is 213 Å². The highest BCUT2D eigenvalue weighted by atomic mass is 28.4. The lowest BCUT2D eigenvalue weighted by Crippen LogP contribution is -2.47. The highest BCUT2D eigenvalue weighted by Gasteiger charge is 2.42. The maximum atomic E-state index is 10.5. The average molecular weight is 503 g/mol. The number of hydrogen-bond acceptors (Lipinski definition) is 5. The first-order valence-electron chi connectivity index (χ1n) is 14.8. The summed E-state index contributed by atoms with van der Waals surface area (Å²) in [6.45, 7) is 11.7. The van der Waals surface area contributed by atoms with Gasteiger partial charge in [-0.15, -0.1) is 0 Å². The Morgan fingerprint density at radius 1 is 0.676 bits per heavy atom. The largest absolute Gasteiger partial charge is 0.500 e. The van der Waals surface area contributed by atoms with Gasteiger partial charge in [-0.2, -0.15) is 0 Å². The zero-order valence-corrected chi connectivity index (χ0v) is 24.2. The highest BCUT2D eigenvalue weighted by Crippen LogP contribution is 2.33. The van der Waals surface area contributed by atoms with Crippen molar-refractivity contribution < 1.29 is 23.1 Å². The predicted molar refractivity (Wildman–Crippen MR) is 144 cm³/mol. The number of hydrogen-bond donors (Lipinski definition) is 1. The molecule has 204 valence electrons. The fourth-order valence-electron chi connectivity index (χ4n) is 4.86. The minimum atomic E-state index is -2.68. The molecular weight excluding hydrogens is 444 g/mol. The second-order valence-electron chi connectivity index (χ2n) is 10.2. The van der Waals surface area contributed by atoms with Crippen LogP contribution in [0.5, 0.6) is 0 Å². The topological polar surface area (TPSA) is 57.2 Å². The summed E-state index contributed by atoms with van der Waals surface area (Å²) in [5.41, 5.74) is 0. The molecule has 1 aliphatic rings. The van der Waals surface area contributed by atoms with E-state index in [9.17, 15) is 5.11 Å². The summed E-state index contributed by atoms with van der Waals surface area (Å²) in [5.74, 6) is 0.545. The smallest absolute Gasteiger partial charge is 0.390 e. The van der Waals surface area contributed by atoms with E-state index in [0.29, 0.717) is 12.5 Å². The molecule has 0 aliphatic heterocycles. The van der Waals surface area contributed by atoms with E-state index in [0.717, 1.165) is 70.8 Å². The molecule has 1 aliphatic carbocycles. The Morgan fingerprint density at radius 3 is 1.76 bits per heavy atom.